The van der Waals surface area contributed by atoms with Crippen molar-refractivity contribution in [2.45, 2.75) is 52.4 Å². The molecule has 0 amide bonds. The Morgan fingerprint density at radius 3 is 2.69 bits per heavy atom. The van der Waals surface area contributed by atoms with E-state index in [1.165, 1.54) is 5.56 Å². The molecular formula is C28H30N6O2. The van der Waals surface area contributed by atoms with E-state index in [-0.39, 0.29) is 11.6 Å². The zero-order valence-electron chi connectivity index (χ0n) is 20.6. The molecule has 0 saturated heterocycles. The van der Waals surface area contributed by atoms with E-state index in [4.69, 9.17) is 4.42 Å². The number of aromatic nitrogens is 5. The van der Waals surface area contributed by atoms with Crippen LogP contribution >= 0.6 is 0 Å². The van der Waals surface area contributed by atoms with Gasteiger partial charge in [-0.3, -0.25) is 9.69 Å². The zero-order chi connectivity index (χ0) is 24.9. The summed E-state index contributed by atoms with van der Waals surface area (Å²) in [7, 11) is 0. The monoisotopic (exact) mass is 482 g/mol. The third kappa shape index (κ3) is 5.13. The van der Waals surface area contributed by atoms with Gasteiger partial charge in [0.1, 0.15) is 5.76 Å². The highest BCUT2D eigenvalue weighted by atomic mass is 16.3. The molecule has 0 aliphatic carbocycles. The lowest BCUT2D eigenvalue weighted by Gasteiger charge is -2.29. The molecule has 5 aromatic rings. The minimum atomic E-state index is -0.103. The fourth-order valence-corrected chi connectivity index (χ4v) is 4.74. The second-order valence-corrected chi connectivity index (χ2v) is 9.07. The second-order valence-electron chi connectivity index (χ2n) is 9.07. The van der Waals surface area contributed by atoms with E-state index in [1.807, 2.05) is 66.2 Å². The molecule has 36 heavy (non-hydrogen) atoms. The highest BCUT2D eigenvalue weighted by molar-refractivity contribution is 5.81. The van der Waals surface area contributed by atoms with Crippen molar-refractivity contribution in [2.24, 2.45) is 0 Å². The summed E-state index contributed by atoms with van der Waals surface area (Å²) in [5.41, 5.74) is 3.77. The van der Waals surface area contributed by atoms with E-state index in [0.717, 1.165) is 40.9 Å². The molecule has 2 aromatic carbocycles. The summed E-state index contributed by atoms with van der Waals surface area (Å²) in [6.45, 7) is 5.76. The fraction of sp³-hybridized carbons (Fsp3) is 0.286. The number of rotatable bonds is 10. The largest absolute Gasteiger partial charge is 0.468 e. The van der Waals surface area contributed by atoms with Crippen molar-refractivity contribution < 1.29 is 4.42 Å². The molecule has 8 heteroatoms. The van der Waals surface area contributed by atoms with Crippen LogP contribution in [-0.2, 0) is 26.1 Å². The quantitative estimate of drug-likeness (QED) is 0.307. The normalized spacial score (nSPS) is 12.4. The summed E-state index contributed by atoms with van der Waals surface area (Å²) in [6.07, 6.45) is 3.28. The highest BCUT2D eigenvalue weighted by Crippen LogP contribution is 2.27. The molecule has 0 aliphatic rings. The van der Waals surface area contributed by atoms with E-state index in [0.29, 0.717) is 25.2 Å². The van der Waals surface area contributed by atoms with Crippen LogP contribution in [0.15, 0.2) is 82.2 Å². The van der Waals surface area contributed by atoms with Gasteiger partial charge in [0.05, 0.1) is 24.4 Å². The minimum Gasteiger partial charge on any atom is -0.468 e. The summed E-state index contributed by atoms with van der Waals surface area (Å²) in [5, 5.41) is 13.7. The maximum Gasteiger partial charge on any atom is 0.252 e. The predicted octanol–water partition coefficient (Wildman–Crippen LogP) is 4.81. The van der Waals surface area contributed by atoms with Gasteiger partial charge in [-0.2, -0.15) is 0 Å². The molecule has 1 atom stereocenters. The van der Waals surface area contributed by atoms with Gasteiger partial charge < -0.3 is 9.40 Å². The van der Waals surface area contributed by atoms with Crippen LogP contribution in [0, 0.1) is 6.92 Å². The molecule has 3 heterocycles. The molecule has 5 rings (SSSR count). The second kappa shape index (κ2) is 10.7. The SMILES string of the molecule is CC[C@@H](c1nnnn1CCc1ccccc1)N(Cc1ccco1)Cc1cc2cccc(C)c2[nH]c1=O. The van der Waals surface area contributed by atoms with E-state index >= 15 is 0 Å². The first-order chi connectivity index (χ1) is 17.6. The topological polar surface area (TPSA) is 92.8 Å². The number of furan rings is 1. The third-order valence-electron chi connectivity index (χ3n) is 6.62. The van der Waals surface area contributed by atoms with Crippen molar-refractivity contribution in [2.75, 3.05) is 0 Å². The van der Waals surface area contributed by atoms with Crippen LogP contribution < -0.4 is 5.56 Å². The molecule has 3 aromatic heterocycles. The molecule has 0 saturated carbocycles. The number of nitrogens with one attached hydrogen (secondary N) is 1. The minimum absolute atomic E-state index is 0.0835. The van der Waals surface area contributed by atoms with E-state index in [1.54, 1.807) is 6.26 Å². The van der Waals surface area contributed by atoms with Crippen molar-refractivity contribution >= 4 is 10.9 Å². The van der Waals surface area contributed by atoms with Gasteiger partial charge in [0.2, 0.25) is 0 Å². The first kappa shape index (κ1) is 23.7. The number of tetrazole rings is 1. The van der Waals surface area contributed by atoms with Gasteiger partial charge in [-0.05, 0) is 64.9 Å². The lowest BCUT2D eigenvalue weighted by Crippen LogP contribution is -2.32. The average molecular weight is 483 g/mol. The Morgan fingerprint density at radius 2 is 1.92 bits per heavy atom. The average Bonchev–Trinajstić information content (AvgIpc) is 3.57. The van der Waals surface area contributed by atoms with Crippen molar-refractivity contribution in [3.8, 4) is 0 Å². The van der Waals surface area contributed by atoms with Crippen LogP contribution in [-0.4, -0.2) is 30.1 Å². The third-order valence-corrected chi connectivity index (χ3v) is 6.62. The molecule has 0 radical (unpaired) electrons. The number of pyridine rings is 1. The Morgan fingerprint density at radius 1 is 1.06 bits per heavy atom. The van der Waals surface area contributed by atoms with Gasteiger partial charge in [-0.25, -0.2) is 4.68 Å². The van der Waals surface area contributed by atoms with Crippen molar-refractivity contribution in [3.63, 3.8) is 0 Å². The maximum absolute atomic E-state index is 13.1. The van der Waals surface area contributed by atoms with Gasteiger partial charge >= 0.3 is 0 Å². The van der Waals surface area contributed by atoms with Gasteiger partial charge in [-0.1, -0.05) is 55.5 Å². The summed E-state index contributed by atoms with van der Waals surface area (Å²) >= 11 is 0. The molecule has 0 spiro atoms. The van der Waals surface area contributed by atoms with Gasteiger partial charge in [-0.15, -0.1) is 5.10 Å². The lowest BCUT2D eigenvalue weighted by molar-refractivity contribution is 0.148. The number of hydrogen-bond acceptors (Lipinski definition) is 6. The number of nitrogens with zero attached hydrogens (tertiary/aromatic N) is 5. The van der Waals surface area contributed by atoms with Crippen LogP contribution in [0.1, 0.15) is 47.7 Å². The van der Waals surface area contributed by atoms with E-state index in [9.17, 15) is 4.79 Å². The molecular weight excluding hydrogens is 452 g/mol. The number of aryl methyl sites for hydroxylation is 3. The van der Waals surface area contributed by atoms with Crippen molar-refractivity contribution in [3.05, 3.63) is 112 Å². The number of H-pyrrole nitrogens is 1. The maximum atomic E-state index is 13.1. The van der Waals surface area contributed by atoms with Gasteiger partial charge in [0.25, 0.3) is 5.56 Å². The Balaban J connectivity index is 1.46. The van der Waals surface area contributed by atoms with Crippen LogP contribution in [0.4, 0.5) is 0 Å². The van der Waals surface area contributed by atoms with E-state index in [2.05, 4.69) is 44.5 Å². The Kier molecular flexibility index (Phi) is 7.04. The number of aromatic amines is 1. The van der Waals surface area contributed by atoms with Crippen LogP contribution in [0.5, 0.6) is 0 Å². The first-order valence-corrected chi connectivity index (χ1v) is 12.3. The summed E-state index contributed by atoms with van der Waals surface area (Å²) in [6, 6.07) is 22.1. The van der Waals surface area contributed by atoms with Crippen molar-refractivity contribution in [1.82, 2.24) is 30.1 Å². The van der Waals surface area contributed by atoms with Crippen LogP contribution in [0.25, 0.3) is 10.9 Å². The molecule has 0 fully saturated rings. The number of hydrogen-bond donors (Lipinski definition) is 1. The van der Waals surface area contributed by atoms with Gasteiger partial charge in [0.15, 0.2) is 5.82 Å². The van der Waals surface area contributed by atoms with E-state index < -0.39 is 0 Å². The number of benzene rings is 2. The smallest absolute Gasteiger partial charge is 0.252 e. The fourth-order valence-electron chi connectivity index (χ4n) is 4.74. The Hall–Kier alpha value is -4.04. The molecule has 1 N–H and O–H groups in total. The Labute approximate surface area is 209 Å². The van der Waals surface area contributed by atoms with Crippen LogP contribution in [0.3, 0.4) is 0 Å². The predicted molar refractivity (Wildman–Crippen MR) is 138 cm³/mol. The first-order valence-electron chi connectivity index (χ1n) is 12.3. The summed E-state index contributed by atoms with van der Waals surface area (Å²) in [5.74, 6) is 1.61. The molecule has 0 bridgehead atoms. The molecule has 184 valence electrons. The number of fused-ring (bicyclic) bond motifs is 1. The molecule has 0 unspecified atom stereocenters. The highest BCUT2D eigenvalue weighted by Gasteiger charge is 2.26. The number of para-hydroxylation sites is 1. The molecule has 0 aliphatic heterocycles. The molecule has 8 nitrogen and oxygen atoms in total. The zero-order valence-corrected chi connectivity index (χ0v) is 20.6. The standard InChI is InChI=1S/C28H30N6O2/c1-3-25(27-30-31-32-34(27)15-14-21-10-5-4-6-11-21)33(19-24-13-8-16-36-24)18-23-17-22-12-7-9-20(2)26(22)29-28(23)35/h4-13,16-17,25H,3,14-15,18-19H2,1-2H3,(H,29,35)/t25-/m0/s1. The lowest BCUT2D eigenvalue weighted by atomic mass is 10.1. The van der Waals surface area contributed by atoms with Crippen molar-refractivity contribution in [1.29, 1.82) is 0 Å². The summed E-state index contributed by atoms with van der Waals surface area (Å²) < 4.78 is 7.56. The summed E-state index contributed by atoms with van der Waals surface area (Å²) in [4.78, 5) is 18.4. The Bertz CT molecular complexity index is 1470. The van der Waals surface area contributed by atoms with Crippen LogP contribution in [0.2, 0.25) is 0 Å². The van der Waals surface area contributed by atoms with Gasteiger partial charge in [0, 0.05) is 18.7 Å².